The minimum absolute atomic E-state index is 0.0679. The van der Waals surface area contributed by atoms with Gasteiger partial charge in [-0.2, -0.15) is 0 Å². The normalized spacial score (nSPS) is 19.9. The number of carbonyl (C=O) groups excluding carboxylic acids is 1. The van der Waals surface area contributed by atoms with Crippen LogP contribution in [0.3, 0.4) is 0 Å². The van der Waals surface area contributed by atoms with Crippen LogP contribution in [0.25, 0.3) is 0 Å². The summed E-state index contributed by atoms with van der Waals surface area (Å²) in [5.74, 6) is 0.0679. The summed E-state index contributed by atoms with van der Waals surface area (Å²) in [4.78, 5) is 14.5. The number of morpholine rings is 1. The highest BCUT2D eigenvalue weighted by atomic mass is 79.9. The lowest BCUT2D eigenvalue weighted by molar-refractivity contribution is -0.00285. The van der Waals surface area contributed by atoms with Gasteiger partial charge in [-0.1, -0.05) is 22.9 Å². The Balaban J connectivity index is 2.26. The van der Waals surface area contributed by atoms with Crippen molar-refractivity contribution in [3.05, 3.63) is 32.7 Å². The third-order valence-electron chi connectivity index (χ3n) is 3.12. The molecule has 5 heteroatoms. The van der Waals surface area contributed by atoms with E-state index in [1.54, 1.807) is 0 Å². The first-order chi connectivity index (χ1) is 8.63. The van der Waals surface area contributed by atoms with E-state index in [2.05, 4.69) is 38.8 Å². The molecule has 1 saturated heterocycles. The molecule has 3 nitrogen and oxygen atoms in total. The molecule has 0 saturated carbocycles. The maximum absolute atomic E-state index is 12.6. The molecule has 0 spiro atoms. The van der Waals surface area contributed by atoms with Crippen LogP contribution in [0, 0.1) is 0 Å². The summed E-state index contributed by atoms with van der Waals surface area (Å²) in [5.41, 5.74) is 0.699. The number of hydrogen-bond donors (Lipinski definition) is 0. The smallest absolute Gasteiger partial charge is 0.255 e. The van der Waals surface area contributed by atoms with E-state index in [1.807, 2.05) is 23.1 Å². The molecule has 1 aromatic rings. The van der Waals surface area contributed by atoms with Gasteiger partial charge in [0.1, 0.15) is 0 Å². The lowest BCUT2D eigenvalue weighted by atomic mass is 10.1. The van der Waals surface area contributed by atoms with Gasteiger partial charge in [-0.25, -0.2) is 0 Å². The van der Waals surface area contributed by atoms with Crippen molar-refractivity contribution in [1.82, 2.24) is 4.90 Å². The van der Waals surface area contributed by atoms with E-state index in [1.165, 1.54) is 0 Å². The molecule has 1 unspecified atom stereocenters. The first-order valence-electron chi connectivity index (χ1n) is 5.97. The van der Waals surface area contributed by atoms with E-state index in [0.717, 1.165) is 15.4 Å². The number of carbonyl (C=O) groups is 1. The monoisotopic (exact) mass is 375 g/mol. The van der Waals surface area contributed by atoms with Crippen LogP contribution in [0.1, 0.15) is 23.7 Å². The quantitative estimate of drug-likeness (QED) is 0.790. The van der Waals surface area contributed by atoms with E-state index in [0.29, 0.717) is 25.3 Å². The summed E-state index contributed by atoms with van der Waals surface area (Å²) in [6.07, 6.45) is 0.914. The molecule has 0 aromatic heterocycles. The highest BCUT2D eigenvalue weighted by molar-refractivity contribution is 9.11. The number of nitrogens with zero attached hydrogens (tertiary/aromatic N) is 1. The van der Waals surface area contributed by atoms with E-state index >= 15 is 0 Å². The van der Waals surface area contributed by atoms with Crippen LogP contribution in [0.15, 0.2) is 27.1 Å². The molecule has 98 valence electrons. The molecule has 1 heterocycles. The first-order valence-corrected chi connectivity index (χ1v) is 7.56. The summed E-state index contributed by atoms with van der Waals surface area (Å²) < 4.78 is 7.17. The van der Waals surface area contributed by atoms with Crippen LogP contribution >= 0.6 is 31.9 Å². The van der Waals surface area contributed by atoms with Crippen molar-refractivity contribution in [2.45, 2.75) is 19.4 Å². The molecule has 0 aliphatic carbocycles. The zero-order chi connectivity index (χ0) is 13.1. The number of rotatable bonds is 2. The Morgan fingerprint density at radius 3 is 3.00 bits per heavy atom. The van der Waals surface area contributed by atoms with Crippen LogP contribution in [-0.4, -0.2) is 36.6 Å². The van der Waals surface area contributed by atoms with Crippen LogP contribution in [0.2, 0.25) is 0 Å². The standard InChI is InChI=1S/C13H15Br2NO2/c1-2-10-8-18-6-5-16(10)13(17)11-7-9(14)3-4-12(11)15/h3-4,7,10H,2,5-6,8H2,1H3. The molecule has 1 aromatic carbocycles. The van der Waals surface area contributed by atoms with E-state index in [-0.39, 0.29) is 11.9 Å². The zero-order valence-electron chi connectivity index (χ0n) is 10.2. The van der Waals surface area contributed by atoms with Gasteiger partial charge in [-0.05, 0) is 40.5 Å². The second-order valence-corrected chi connectivity index (χ2v) is 6.03. The minimum Gasteiger partial charge on any atom is -0.377 e. The van der Waals surface area contributed by atoms with Gasteiger partial charge in [0.05, 0.1) is 24.8 Å². The van der Waals surface area contributed by atoms with Crippen molar-refractivity contribution in [2.75, 3.05) is 19.8 Å². The van der Waals surface area contributed by atoms with Gasteiger partial charge in [0.2, 0.25) is 0 Å². The largest absolute Gasteiger partial charge is 0.377 e. The summed E-state index contributed by atoms with van der Waals surface area (Å²) in [5, 5.41) is 0. The fourth-order valence-electron chi connectivity index (χ4n) is 2.08. The molecule has 1 aliphatic rings. The third kappa shape index (κ3) is 2.95. The Morgan fingerprint density at radius 1 is 1.50 bits per heavy atom. The molecule has 1 atom stereocenters. The van der Waals surface area contributed by atoms with Crippen LogP contribution in [0.4, 0.5) is 0 Å². The summed E-state index contributed by atoms with van der Waals surface area (Å²) in [7, 11) is 0. The number of ether oxygens (including phenoxy) is 1. The van der Waals surface area contributed by atoms with Crippen molar-refractivity contribution in [2.24, 2.45) is 0 Å². The Hall–Kier alpha value is -0.390. The van der Waals surface area contributed by atoms with E-state index < -0.39 is 0 Å². The fraction of sp³-hybridized carbons (Fsp3) is 0.462. The first kappa shape index (κ1) is 14.0. The van der Waals surface area contributed by atoms with E-state index in [4.69, 9.17) is 4.74 Å². The fourth-order valence-corrected chi connectivity index (χ4v) is 2.85. The Labute approximate surface area is 124 Å². The predicted octanol–water partition coefficient (Wildman–Crippen LogP) is 3.46. The maximum Gasteiger partial charge on any atom is 0.255 e. The lowest BCUT2D eigenvalue weighted by Gasteiger charge is -2.35. The second kappa shape index (κ2) is 6.17. The number of halogens is 2. The summed E-state index contributed by atoms with van der Waals surface area (Å²) >= 11 is 6.84. The number of hydrogen-bond acceptors (Lipinski definition) is 2. The predicted molar refractivity (Wildman–Crippen MR) is 77.8 cm³/mol. The van der Waals surface area contributed by atoms with Gasteiger partial charge in [-0.3, -0.25) is 4.79 Å². The van der Waals surface area contributed by atoms with Crippen molar-refractivity contribution in [3.63, 3.8) is 0 Å². The summed E-state index contributed by atoms with van der Waals surface area (Å²) in [6, 6.07) is 5.84. The molecule has 1 fully saturated rings. The lowest BCUT2D eigenvalue weighted by Crippen LogP contribution is -2.48. The molecule has 1 amide bonds. The molecular formula is C13H15Br2NO2. The average Bonchev–Trinajstić information content (AvgIpc) is 2.40. The van der Waals surface area contributed by atoms with Crippen LogP contribution in [0.5, 0.6) is 0 Å². The van der Waals surface area contributed by atoms with Gasteiger partial charge < -0.3 is 9.64 Å². The van der Waals surface area contributed by atoms with Crippen LogP contribution < -0.4 is 0 Å². The van der Waals surface area contributed by atoms with Crippen molar-refractivity contribution >= 4 is 37.8 Å². The number of benzene rings is 1. The van der Waals surface area contributed by atoms with Gasteiger partial charge in [0.15, 0.2) is 0 Å². The number of amides is 1. The third-order valence-corrected chi connectivity index (χ3v) is 4.30. The molecule has 0 radical (unpaired) electrons. The summed E-state index contributed by atoms with van der Waals surface area (Å²) in [6.45, 7) is 3.99. The molecule has 1 aliphatic heterocycles. The van der Waals surface area contributed by atoms with E-state index in [9.17, 15) is 4.79 Å². The van der Waals surface area contributed by atoms with Gasteiger partial charge in [0, 0.05) is 15.5 Å². The Kier molecular flexibility index (Phi) is 4.81. The molecule has 18 heavy (non-hydrogen) atoms. The van der Waals surface area contributed by atoms with Crippen molar-refractivity contribution < 1.29 is 9.53 Å². The van der Waals surface area contributed by atoms with Gasteiger partial charge >= 0.3 is 0 Å². The molecular weight excluding hydrogens is 362 g/mol. The highest BCUT2D eigenvalue weighted by Crippen LogP contribution is 2.24. The molecule has 2 rings (SSSR count). The van der Waals surface area contributed by atoms with Gasteiger partial charge in [0.25, 0.3) is 5.91 Å². The Bertz CT molecular complexity index is 451. The van der Waals surface area contributed by atoms with Crippen LogP contribution in [-0.2, 0) is 4.74 Å². The Morgan fingerprint density at radius 2 is 2.28 bits per heavy atom. The minimum atomic E-state index is 0.0679. The zero-order valence-corrected chi connectivity index (χ0v) is 13.3. The molecule has 0 N–H and O–H groups in total. The highest BCUT2D eigenvalue weighted by Gasteiger charge is 2.27. The topological polar surface area (TPSA) is 29.5 Å². The van der Waals surface area contributed by atoms with Gasteiger partial charge in [-0.15, -0.1) is 0 Å². The van der Waals surface area contributed by atoms with Crippen molar-refractivity contribution in [3.8, 4) is 0 Å². The SMILES string of the molecule is CCC1COCCN1C(=O)c1cc(Br)ccc1Br. The second-order valence-electron chi connectivity index (χ2n) is 4.26. The average molecular weight is 377 g/mol. The maximum atomic E-state index is 12.6. The van der Waals surface area contributed by atoms with Crippen molar-refractivity contribution in [1.29, 1.82) is 0 Å². The molecule has 0 bridgehead atoms.